The Morgan fingerprint density at radius 3 is 2.67 bits per heavy atom. The van der Waals surface area contributed by atoms with Gasteiger partial charge in [0.25, 0.3) is 11.6 Å². The number of hydrogen-bond donors (Lipinski definition) is 2. The molecule has 2 aliphatic carbocycles. The molecule has 6 nitrogen and oxygen atoms in total. The number of carbonyl (C=O) groups is 1. The maximum Gasteiger partial charge on any atom is 0.292 e. The summed E-state index contributed by atoms with van der Waals surface area (Å²) >= 11 is 0. The minimum Gasteiger partial charge on any atom is -0.379 e. The molecule has 0 atom stereocenters. The van der Waals surface area contributed by atoms with E-state index in [0.29, 0.717) is 16.7 Å². The van der Waals surface area contributed by atoms with E-state index in [4.69, 9.17) is 0 Å². The van der Waals surface area contributed by atoms with Gasteiger partial charge < -0.3 is 10.6 Å². The number of nitrogens with zero attached hydrogens (tertiary/aromatic N) is 1. The van der Waals surface area contributed by atoms with Gasteiger partial charge in [0, 0.05) is 25.2 Å². The number of amides is 1. The van der Waals surface area contributed by atoms with Gasteiger partial charge in [0.15, 0.2) is 0 Å². The molecular formula is C15H19N3O3. The Kier molecular flexibility index (Phi) is 3.31. The first-order valence-electron chi connectivity index (χ1n) is 7.30. The second-order valence-electron chi connectivity index (χ2n) is 6.06. The van der Waals surface area contributed by atoms with Gasteiger partial charge in [-0.15, -0.1) is 0 Å². The lowest BCUT2D eigenvalue weighted by Crippen LogP contribution is -2.20. The lowest BCUT2D eigenvalue weighted by molar-refractivity contribution is -0.384. The largest absolute Gasteiger partial charge is 0.379 e. The molecule has 0 aromatic heterocycles. The van der Waals surface area contributed by atoms with Crippen LogP contribution in [0.2, 0.25) is 0 Å². The fourth-order valence-corrected chi connectivity index (χ4v) is 2.98. The van der Waals surface area contributed by atoms with Gasteiger partial charge in [-0.25, -0.2) is 0 Å². The van der Waals surface area contributed by atoms with Crippen molar-refractivity contribution in [2.45, 2.75) is 25.7 Å². The van der Waals surface area contributed by atoms with Crippen LogP contribution < -0.4 is 10.6 Å². The molecule has 3 rings (SSSR count). The molecule has 0 bridgehead atoms. The Morgan fingerprint density at radius 1 is 1.43 bits per heavy atom. The Labute approximate surface area is 123 Å². The third-order valence-corrected chi connectivity index (χ3v) is 4.65. The fraction of sp³-hybridized carbons (Fsp3) is 0.533. The van der Waals surface area contributed by atoms with Gasteiger partial charge in [-0.05, 0) is 49.1 Å². The maximum absolute atomic E-state index is 11.7. The molecular weight excluding hydrogens is 270 g/mol. The summed E-state index contributed by atoms with van der Waals surface area (Å²) in [6.45, 7) is 0.760. The molecule has 21 heavy (non-hydrogen) atoms. The van der Waals surface area contributed by atoms with Crippen molar-refractivity contribution in [3.8, 4) is 0 Å². The summed E-state index contributed by atoms with van der Waals surface area (Å²) in [4.78, 5) is 22.4. The number of nitro benzene ring substituents is 1. The van der Waals surface area contributed by atoms with E-state index in [1.807, 2.05) is 0 Å². The summed E-state index contributed by atoms with van der Waals surface area (Å²) in [5, 5.41) is 16.9. The Morgan fingerprint density at radius 2 is 2.14 bits per heavy atom. The molecule has 0 aliphatic heterocycles. The molecule has 1 aromatic rings. The highest BCUT2D eigenvalue weighted by molar-refractivity contribution is 5.95. The van der Waals surface area contributed by atoms with Gasteiger partial charge in [-0.1, -0.05) is 0 Å². The summed E-state index contributed by atoms with van der Waals surface area (Å²) in [6, 6.07) is 4.44. The monoisotopic (exact) mass is 289 g/mol. The van der Waals surface area contributed by atoms with Crippen molar-refractivity contribution < 1.29 is 9.72 Å². The third-order valence-electron chi connectivity index (χ3n) is 4.65. The molecule has 112 valence electrons. The van der Waals surface area contributed by atoms with Crippen LogP contribution in [0.3, 0.4) is 0 Å². The highest BCUT2D eigenvalue weighted by Gasteiger charge is 2.53. The highest BCUT2D eigenvalue weighted by Crippen LogP contribution is 2.61. The third kappa shape index (κ3) is 2.70. The van der Waals surface area contributed by atoms with E-state index in [0.717, 1.165) is 12.5 Å². The van der Waals surface area contributed by atoms with Crippen molar-refractivity contribution in [3.63, 3.8) is 0 Å². The summed E-state index contributed by atoms with van der Waals surface area (Å²) in [6.07, 6.45) is 4.96. The molecule has 2 fully saturated rings. The number of rotatable bonds is 6. The van der Waals surface area contributed by atoms with E-state index < -0.39 is 4.92 Å². The van der Waals surface area contributed by atoms with Gasteiger partial charge in [0.2, 0.25) is 0 Å². The number of hydrogen-bond acceptors (Lipinski definition) is 4. The Bertz CT molecular complexity index is 592. The SMILES string of the molecule is CNC(=O)c1ccc([N+](=O)[O-])c(NCC2(C3CC3)CC2)c1. The lowest BCUT2D eigenvalue weighted by Gasteiger charge is -2.16. The van der Waals surface area contributed by atoms with Gasteiger partial charge in [0.05, 0.1) is 4.92 Å². The topological polar surface area (TPSA) is 84.3 Å². The smallest absolute Gasteiger partial charge is 0.292 e. The Balaban J connectivity index is 1.80. The van der Waals surface area contributed by atoms with E-state index in [1.54, 1.807) is 13.1 Å². The van der Waals surface area contributed by atoms with Crippen molar-refractivity contribution in [1.29, 1.82) is 0 Å². The molecule has 1 amide bonds. The summed E-state index contributed by atoms with van der Waals surface area (Å²) < 4.78 is 0. The molecule has 2 aliphatic rings. The van der Waals surface area contributed by atoms with Crippen LogP contribution in [0.1, 0.15) is 36.0 Å². The van der Waals surface area contributed by atoms with Crippen LogP contribution in [0.15, 0.2) is 18.2 Å². The summed E-state index contributed by atoms with van der Waals surface area (Å²) in [7, 11) is 1.54. The highest BCUT2D eigenvalue weighted by atomic mass is 16.6. The molecule has 1 aromatic carbocycles. The number of nitrogens with one attached hydrogen (secondary N) is 2. The molecule has 2 saturated carbocycles. The second-order valence-corrected chi connectivity index (χ2v) is 6.06. The molecule has 0 saturated heterocycles. The molecule has 2 N–H and O–H groups in total. The van der Waals surface area contributed by atoms with Gasteiger partial charge in [0.1, 0.15) is 5.69 Å². The first-order chi connectivity index (χ1) is 10.1. The van der Waals surface area contributed by atoms with Crippen molar-refractivity contribution in [2.24, 2.45) is 11.3 Å². The average molecular weight is 289 g/mol. The average Bonchev–Trinajstić information content (AvgIpc) is 3.36. The zero-order chi connectivity index (χ0) is 15.0. The summed E-state index contributed by atoms with van der Waals surface area (Å²) in [5.41, 5.74) is 1.24. The van der Waals surface area contributed by atoms with E-state index in [-0.39, 0.29) is 11.6 Å². The number of benzene rings is 1. The zero-order valence-electron chi connectivity index (χ0n) is 12.0. The van der Waals surface area contributed by atoms with Crippen LogP contribution >= 0.6 is 0 Å². The molecule has 0 unspecified atom stereocenters. The minimum absolute atomic E-state index is 0.0225. The van der Waals surface area contributed by atoms with E-state index in [9.17, 15) is 14.9 Å². The van der Waals surface area contributed by atoms with Gasteiger partial charge in [-0.2, -0.15) is 0 Å². The molecule has 0 spiro atoms. The van der Waals surface area contributed by atoms with Crippen LogP contribution in [0.5, 0.6) is 0 Å². The maximum atomic E-state index is 11.7. The number of carbonyl (C=O) groups excluding carboxylic acids is 1. The lowest BCUT2D eigenvalue weighted by atomic mass is 10.0. The van der Waals surface area contributed by atoms with E-state index >= 15 is 0 Å². The van der Waals surface area contributed by atoms with Crippen molar-refractivity contribution in [2.75, 3.05) is 18.9 Å². The van der Waals surface area contributed by atoms with Crippen LogP contribution in [0.4, 0.5) is 11.4 Å². The number of anilines is 1. The van der Waals surface area contributed by atoms with Gasteiger partial charge in [-0.3, -0.25) is 14.9 Å². The van der Waals surface area contributed by atoms with Crippen LogP contribution in [0.25, 0.3) is 0 Å². The zero-order valence-corrected chi connectivity index (χ0v) is 12.0. The first-order valence-corrected chi connectivity index (χ1v) is 7.30. The molecule has 0 heterocycles. The van der Waals surface area contributed by atoms with Crippen molar-refractivity contribution in [3.05, 3.63) is 33.9 Å². The predicted molar refractivity (Wildman–Crippen MR) is 79.4 cm³/mol. The van der Waals surface area contributed by atoms with E-state index in [1.165, 1.54) is 37.8 Å². The van der Waals surface area contributed by atoms with Crippen LogP contribution in [-0.4, -0.2) is 24.4 Å². The quantitative estimate of drug-likeness (QED) is 0.622. The van der Waals surface area contributed by atoms with Gasteiger partial charge >= 0.3 is 0 Å². The van der Waals surface area contributed by atoms with Crippen molar-refractivity contribution in [1.82, 2.24) is 5.32 Å². The predicted octanol–water partition coefficient (Wildman–Crippen LogP) is 2.56. The Hall–Kier alpha value is -2.11. The first kappa shape index (κ1) is 13.9. The fourth-order valence-electron chi connectivity index (χ4n) is 2.98. The second kappa shape index (κ2) is 5.02. The van der Waals surface area contributed by atoms with Crippen LogP contribution in [0, 0.1) is 21.4 Å². The minimum atomic E-state index is -0.410. The number of nitro groups is 1. The molecule has 6 heteroatoms. The summed E-state index contributed by atoms with van der Waals surface area (Å²) in [5.74, 6) is 0.544. The van der Waals surface area contributed by atoms with Crippen LogP contribution in [-0.2, 0) is 0 Å². The normalized spacial score (nSPS) is 18.9. The standard InChI is InChI=1S/C15H19N3O3/c1-16-14(19)10-2-5-13(18(20)21)12(8-10)17-9-15(6-7-15)11-3-4-11/h2,5,8,11,17H,3-4,6-7,9H2,1H3,(H,16,19). The van der Waals surface area contributed by atoms with Crippen molar-refractivity contribution >= 4 is 17.3 Å². The van der Waals surface area contributed by atoms with E-state index in [2.05, 4.69) is 10.6 Å². The molecule has 0 radical (unpaired) electrons.